The first-order valence-electron chi connectivity index (χ1n) is 9.13. The topological polar surface area (TPSA) is 78.8 Å². The van der Waals surface area contributed by atoms with Gasteiger partial charge in [0.05, 0.1) is 17.3 Å². The normalized spacial score (nSPS) is 30.4. The average Bonchev–Trinajstić information content (AvgIpc) is 3.24. The van der Waals surface area contributed by atoms with Crippen molar-refractivity contribution >= 4 is 29.7 Å². The smallest absolute Gasteiger partial charge is 0.293 e. The molecule has 1 aromatic carbocycles. The van der Waals surface area contributed by atoms with Crippen molar-refractivity contribution < 1.29 is 27.6 Å². The van der Waals surface area contributed by atoms with Crippen LogP contribution >= 0.6 is 0 Å². The van der Waals surface area contributed by atoms with E-state index in [2.05, 4.69) is 4.99 Å². The number of fused-ring (bicyclic) bond motifs is 2. The summed E-state index contributed by atoms with van der Waals surface area (Å²) < 4.78 is 38.9. The molecule has 1 aromatic rings. The van der Waals surface area contributed by atoms with Crippen LogP contribution in [0.3, 0.4) is 0 Å². The van der Waals surface area contributed by atoms with E-state index in [0.717, 1.165) is 31.4 Å². The van der Waals surface area contributed by atoms with E-state index in [9.17, 15) is 27.6 Å². The van der Waals surface area contributed by atoms with Crippen LogP contribution < -0.4 is 10.2 Å². The van der Waals surface area contributed by atoms with Crippen LogP contribution in [0, 0.1) is 17.8 Å². The summed E-state index contributed by atoms with van der Waals surface area (Å²) in [6.45, 7) is 0. The molecule has 28 heavy (non-hydrogen) atoms. The number of carbonyl (C=O) groups is 3. The third kappa shape index (κ3) is 3.29. The van der Waals surface area contributed by atoms with E-state index in [1.807, 2.05) is 5.32 Å². The molecule has 1 saturated heterocycles. The second kappa shape index (κ2) is 6.72. The van der Waals surface area contributed by atoms with E-state index < -0.39 is 35.5 Å². The molecule has 2 aliphatic carbocycles. The fourth-order valence-electron chi connectivity index (χ4n) is 4.38. The molecular formula is C19H18F3N3O3. The van der Waals surface area contributed by atoms with Gasteiger partial charge in [0.1, 0.15) is 0 Å². The van der Waals surface area contributed by atoms with Crippen LogP contribution in [-0.2, 0) is 15.8 Å². The van der Waals surface area contributed by atoms with Crippen LogP contribution in [-0.4, -0.2) is 30.1 Å². The standard InChI is InChI=1S/C19H18F3N3O3/c20-19(21,22)12-2-1-3-13(8-12)25-17(27)14(16(26)24-18(25)28)9-23-15-7-10-4-5-11(15)6-10/h1-3,8-11,14-15H,4-7H2,(H,24,26,28)/t10-,11-,14+,15-/m0/s1. The number of imide groups is 2. The molecule has 9 heteroatoms. The number of benzene rings is 1. The molecule has 1 heterocycles. The molecule has 3 fully saturated rings. The molecule has 6 nitrogen and oxygen atoms in total. The number of nitrogens with zero attached hydrogens (tertiary/aromatic N) is 2. The molecule has 1 N–H and O–H groups in total. The van der Waals surface area contributed by atoms with Gasteiger partial charge in [0.15, 0.2) is 5.92 Å². The van der Waals surface area contributed by atoms with Gasteiger partial charge in [-0.3, -0.25) is 19.9 Å². The summed E-state index contributed by atoms with van der Waals surface area (Å²) in [5.74, 6) is -1.98. The summed E-state index contributed by atoms with van der Waals surface area (Å²) in [5.41, 5.74) is -1.24. The molecule has 2 saturated carbocycles. The molecule has 0 aromatic heterocycles. The van der Waals surface area contributed by atoms with Gasteiger partial charge in [0.25, 0.3) is 5.91 Å². The number of amides is 4. The zero-order valence-electron chi connectivity index (χ0n) is 14.8. The Morgan fingerprint density at radius 1 is 1.14 bits per heavy atom. The van der Waals surface area contributed by atoms with Crippen molar-refractivity contribution in [2.45, 2.75) is 37.9 Å². The quantitative estimate of drug-likeness (QED) is 0.633. The lowest BCUT2D eigenvalue weighted by molar-refractivity contribution is -0.138. The number of halogens is 3. The number of alkyl halides is 3. The van der Waals surface area contributed by atoms with Crippen molar-refractivity contribution in [1.82, 2.24) is 5.32 Å². The van der Waals surface area contributed by atoms with E-state index in [4.69, 9.17) is 0 Å². The Balaban J connectivity index is 1.58. The average molecular weight is 393 g/mol. The Kier molecular flexibility index (Phi) is 4.47. The van der Waals surface area contributed by atoms with Crippen molar-refractivity contribution in [3.8, 4) is 0 Å². The molecular weight excluding hydrogens is 375 g/mol. The lowest BCUT2D eigenvalue weighted by Crippen LogP contribution is -2.58. The summed E-state index contributed by atoms with van der Waals surface area (Å²) in [5, 5.41) is 2.03. The lowest BCUT2D eigenvalue weighted by atomic mass is 9.95. The van der Waals surface area contributed by atoms with Gasteiger partial charge in [-0.15, -0.1) is 0 Å². The highest BCUT2D eigenvalue weighted by atomic mass is 19.4. The molecule has 4 amide bonds. The molecule has 4 rings (SSSR count). The Morgan fingerprint density at radius 3 is 2.57 bits per heavy atom. The molecule has 1 aliphatic heterocycles. The highest BCUT2D eigenvalue weighted by Gasteiger charge is 2.43. The van der Waals surface area contributed by atoms with Crippen LogP contribution in [0.1, 0.15) is 31.2 Å². The summed E-state index contributed by atoms with van der Waals surface area (Å²) in [4.78, 5) is 42.0. The van der Waals surface area contributed by atoms with Crippen LogP contribution in [0.25, 0.3) is 0 Å². The molecule has 4 atom stereocenters. The zero-order valence-corrected chi connectivity index (χ0v) is 14.8. The van der Waals surface area contributed by atoms with Gasteiger partial charge in [-0.25, -0.2) is 9.69 Å². The summed E-state index contributed by atoms with van der Waals surface area (Å²) in [6, 6.07) is 2.85. The van der Waals surface area contributed by atoms with Crippen molar-refractivity contribution in [3.05, 3.63) is 29.8 Å². The van der Waals surface area contributed by atoms with E-state index in [0.29, 0.717) is 22.8 Å². The maximum atomic E-state index is 13.0. The van der Waals surface area contributed by atoms with E-state index in [-0.39, 0.29) is 11.7 Å². The first kappa shape index (κ1) is 18.6. The van der Waals surface area contributed by atoms with Crippen LogP contribution in [0.2, 0.25) is 0 Å². The van der Waals surface area contributed by atoms with E-state index in [1.165, 1.54) is 18.7 Å². The van der Waals surface area contributed by atoms with Gasteiger partial charge in [-0.1, -0.05) is 12.5 Å². The third-order valence-electron chi connectivity index (χ3n) is 5.76. The minimum Gasteiger partial charge on any atom is -0.293 e. The predicted molar refractivity (Wildman–Crippen MR) is 93.7 cm³/mol. The number of carbonyl (C=O) groups excluding carboxylic acids is 3. The van der Waals surface area contributed by atoms with Crippen LogP contribution in [0.5, 0.6) is 0 Å². The Hall–Kier alpha value is -2.71. The molecule has 148 valence electrons. The van der Waals surface area contributed by atoms with Crippen molar-refractivity contribution in [2.75, 3.05) is 4.90 Å². The first-order chi connectivity index (χ1) is 13.2. The second-order valence-electron chi connectivity index (χ2n) is 7.53. The van der Waals surface area contributed by atoms with Gasteiger partial charge in [-0.05, 0) is 49.3 Å². The zero-order chi connectivity index (χ0) is 20.1. The minimum atomic E-state index is -4.62. The number of anilines is 1. The maximum absolute atomic E-state index is 13.0. The molecule has 0 unspecified atom stereocenters. The minimum absolute atomic E-state index is 0.0546. The molecule has 3 aliphatic rings. The Morgan fingerprint density at radius 2 is 1.93 bits per heavy atom. The van der Waals surface area contributed by atoms with Gasteiger partial charge >= 0.3 is 12.2 Å². The third-order valence-corrected chi connectivity index (χ3v) is 5.76. The van der Waals surface area contributed by atoms with Crippen molar-refractivity contribution in [2.24, 2.45) is 22.7 Å². The number of hydrogen-bond donors (Lipinski definition) is 1. The summed E-state index contributed by atoms with van der Waals surface area (Å²) in [6.07, 6.45) is 0.894. The van der Waals surface area contributed by atoms with Gasteiger partial charge in [0, 0.05) is 6.21 Å². The first-order valence-corrected chi connectivity index (χ1v) is 9.13. The van der Waals surface area contributed by atoms with E-state index in [1.54, 1.807) is 0 Å². The van der Waals surface area contributed by atoms with Gasteiger partial charge in [0.2, 0.25) is 5.91 Å². The molecule has 0 spiro atoms. The number of barbiturate groups is 1. The monoisotopic (exact) mass is 393 g/mol. The van der Waals surface area contributed by atoms with Crippen molar-refractivity contribution in [1.29, 1.82) is 0 Å². The highest BCUT2D eigenvalue weighted by Crippen LogP contribution is 2.45. The maximum Gasteiger partial charge on any atom is 0.416 e. The van der Waals surface area contributed by atoms with Crippen molar-refractivity contribution in [3.63, 3.8) is 0 Å². The summed E-state index contributed by atoms with van der Waals surface area (Å²) in [7, 11) is 0. The van der Waals surface area contributed by atoms with E-state index >= 15 is 0 Å². The number of hydrogen-bond acceptors (Lipinski definition) is 4. The lowest BCUT2D eigenvalue weighted by Gasteiger charge is -2.29. The SMILES string of the molecule is O=C1NC(=O)N(c2cccc(C(F)(F)F)c2)C(=O)[C@@H]1C=N[C@H]1C[C@H]2CC[C@H]1C2. The molecule has 2 bridgehead atoms. The fraction of sp³-hybridized carbons (Fsp3) is 0.474. The second-order valence-corrected chi connectivity index (χ2v) is 7.53. The largest absolute Gasteiger partial charge is 0.416 e. The van der Waals surface area contributed by atoms with Crippen LogP contribution in [0.15, 0.2) is 29.3 Å². The highest BCUT2D eigenvalue weighted by molar-refractivity contribution is 6.32. The number of urea groups is 1. The summed E-state index contributed by atoms with van der Waals surface area (Å²) >= 11 is 0. The van der Waals surface area contributed by atoms with Gasteiger partial charge in [-0.2, -0.15) is 13.2 Å². The number of nitrogens with one attached hydrogen (secondary N) is 1. The molecule has 0 radical (unpaired) electrons. The predicted octanol–water partition coefficient (Wildman–Crippen LogP) is 3.16. The fourth-order valence-corrected chi connectivity index (χ4v) is 4.38. The Bertz CT molecular complexity index is 867. The van der Waals surface area contributed by atoms with Gasteiger partial charge < -0.3 is 0 Å². The number of rotatable bonds is 3. The number of aliphatic imine (C=N–C) groups is 1. The van der Waals surface area contributed by atoms with Crippen LogP contribution in [0.4, 0.5) is 23.7 Å². The Labute approximate surface area is 158 Å².